The Morgan fingerprint density at radius 3 is 2.63 bits per heavy atom. The molecule has 180 valence electrons. The number of halogens is 4. The minimum absolute atomic E-state index is 0.00806. The summed E-state index contributed by atoms with van der Waals surface area (Å²) in [5.41, 5.74) is 0.362. The predicted octanol–water partition coefficient (Wildman–Crippen LogP) is 5.42. The molecule has 0 atom stereocenters. The molecular formula is C21H14Cl3FN6O4. The van der Waals surface area contributed by atoms with E-state index < -0.39 is 22.3 Å². The lowest BCUT2D eigenvalue weighted by Gasteiger charge is -2.07. The minimum Gasteiger partial charge on any atom is -0.464 e. The molecular weight excluding hydrogens is 526 g/mol. The molecule has 2 aromatic carbocycles. The SMILES string of the molecule is O=C(Nc1nn(Cc2ccc(Cl)cc2Cl)cc1Cl)c1ccn(COc2cc(F)ccc2[N+](=O)[O-])n1. The molecule has 0 aliphatic heterocycles. The number of rotatable bonds is 8. The largest absolute Gasteiger partial charge is 0.464 e. The maximum Gasteiger partial charge on any atom is 0.311 e. The molecule has 0 bridgehead atoms. The average molecular weight is 540 g/mol. The van der Waals surface area contributed by atoms with E-state index in [-0.39, 0.29) is 29.0 Å². The monoisotopic (exact) mass is 538 g/mol. The average Bonchev–Trinajstić information content (AvgIpc) is 3.41. The van der Waals surface area contributed by atoms with Crippen LogP contribution in [0.1, 0.15) is 16.1 Å². The summed E-state index contributed by atoms with van der Waals surface area (Å²) in [5.74, 6) is -1.45. The maximum absolute atomic E-state index is 13.4. The van der Waals surface area contributed by atoms with Crippen LogP contribution in [-0.2, 0) is 13.3 Å². The lowest BCUT2D eigenvalue weighted by Crippen LogP contribution is -2.15. The van der Waals surface area contributed by atoms with Crippen molar-refractivity contribution in [1.82, 2.24) is 19.6 Å². The molecule has 10 nitrogen and oxygen atoms in total. The summed E-state index contributed by atoms with van der Waals surface area (Å²) < 4.78 is 21.5. The van der Waals surface area contributed by atoms with E-state index in [9.17, 15) is 19.3 Å². The van der Waals surface area contributed by atoms with Gasteiger partial charge in [0.15, 0.2) is 18.2 Å². The summed E-state index contributed by atoms with van der Waals surface area (Å²) in [7, 11) is 0. The van der Waals surface area contributed by atoms with Crippen molar-refractivity contribution in [3.8, 4) is 5.75 Å². The van der Waals surface area contributed by atoms with Gasteiger partial charge in [0.05, 0.1) is 11.5 Å². The first-order valence-electron chi connectivity index (χ1n) is 9.78. The van der Waals surface area contributed by atoms with Crippen molar-refractivity contribution in [2.24, 2.45) is 0 Å². The molecule has 1 amide bonds. The van der Waals surface area contributed by atoms with Gasteiger partial charge >= 0.3 is 5.69 Å². The van der Waals surface area contributed by atoms with E-state index in [0.717, 1.165) is 23.8 Å². The van der Waals surface area contributed by atoms with Crippen molar-refractivity contribution in [1.29, 1.82) is 0 Å². The van der Waals surface area contributed by atoms with E-state index >= 15 is 0 Å². The first kappa shape index (κ1) is 24.5. The second-order valence-electron chi connectivity index (χ2n) is 7.10. The van der Waals surface area contributed by atoms with E-state index in [1.807, 2.05) is 0 Å². The lowest BCUT2D eigenvalue weighted by molar-refractivity contribution is -0.386. The number of ether oxygens (including phenoxy) is 1. The van der Waals surface area contributed by atoms with E-state index in [1.54, 1.807) is 18.2 Å². The van der Waals surface area contributed by atoms with Crippen LogP contribution in [0.4, 0.5) is 15.9 Å². The second-order valence-corrected chi connectivity index (χ2v) is 8.35. The molecule has 35 heavy (non-hydrogen) atoms. The Bertz CT molecular complexity index is 1420. The van der Waals surface area contributed by atoms with E-state index in [4.69, 9.17) is 39.5 Å². The third-order valence-corrected chi connectivity index (χ3v) is 5.50. The number of hydrogen-bond acceptors (Lipinski definition) is 6. The Labute approximate surface area is 211 Å². The number of hydrogen-bond donors (Lipinski definition) is 1. The van der Waals surface area contributed by atoms with Gasteiger partial charge in [0, 0.05) is 34.6 Å². The zero-order valence-corrected chi connectivity index (χ0v) is 19.8. The van der Waals surface area contributed by atoms with Crippen LogP contribution in [0.5, 0.6) is 5.75 Å². The minimum atomic E-state index is -0.694. The van der Waals surface area contributed by atoms with Crippen LogP contribution in [0, 0.1) is 15.9 Å². The van der Waals surface area contributed by atoms with Gasteiger partial charge in [-0.2, -0.15) is 10.2 Å². The highest BCUT2D eigenvalue weighted by Gasteiger charge is 2.18. The van der Waals surface area contributed by atoms with Gasteiger partial charge in [0.25, 0.3) is 5.91 Å². The van der Waals surface area contributed by atoms with Crippen LogP contribution < -0.4 is 10.1 Å². The molecule has 0 radical (unpaired) electrons. The smallest absolute Gasteiger partial charge is 0.311 e. The fourth-order valence-corrected chi connectivity index (χ4v) is 3.67. The van der Waals surface area contributed by atoms with Crippen molar-refractivity contribution in [3.05, 3.63) is 97.1 Å². The summed E-state index contributed by atoms with van der Waals surface area (Å²) >= 11 is 18.3. The molecule has 4 aromatic rings. The van der Waals surface area contributed by atoms with E-state index in [2.05, 4.69) is 15.5 Å². The fourth-order valence-electron chi connectivity index (χ4n) is 3.00. The molecule has 0 aliphatic carbocycles. The zero-order chi connectivity index (χ0) is 25.1. The summed E-state index contributed by atoms with van der Waals surface area (Å²) in [4.78, 5) is 23.0. The van der Waals surface area contributed by atoms with Crippen LogP contribution in [0.15, 0.2) is 54.9 Å². The molecule has 0 unspecified atom stereocenters. The van der Waals surface area contributed by atoms with Gasteiger partial charge in [-0.1, -0.05) is 40.9 Å². The molecule has 0 saturated heterocycles. The lowest BCUT2D eigenvalue weighted by atomic mass is 10.2. The van der Waals surface area contributed by atoms with Gasteiger partial charge in [-0.05, 0) is 29.8 Å². The predicted molar refractivity (Wildman–Crippen MR) is 127 cm³/mol. The number of nitro groups is 1. The topological polar surface area (TPSA) is 117 Å². The molecule has 0 fully saturated rings. The first-order chi connectivity index (χ1) is 16.7. The summed E-state index contributed by atoms with van der Waals surface area (Å²) in [6.07, 6.45) is 2.95. The van der Waals surface area contributed by atoms with Crippen LogP contribution in [0.3, 0.4) is 0 Å². The number of anilines is 1. The van der Waals surface area contributed by atoms with E-state index in [0.29, 0.717) is 16.6 Å². The number of carbonyl (C=O) groups is 1. The van der Waals surface area contributed by atoms with Crippen molar-refractivity contribution in [2.45, 2.75) is 13.3 Å². The highest BCUT2D eigenvalue weighted by atomic mass is 35.5. The van der Waals surface area contributed by atoms with Crippen molar-refractivity contribution in [2.75, 3.05) is 5.32 Å². The van der Waals surface area contributed by atoms with Crippen molar-refractivity contribution >= 4 is 52.2 Å². The Morgan fingerprint density at radius 1 is 1.09 bits per heavy atom. The third kappa shape index (κ3) is 5.88. The van der Waals surface area contributed by atoms with Gasteiger partial charge in [0.1, 0.15) is 10.8 Å². The number of carbonyl (C=O) groups excluding carboxylic acids is 1. The maximum atomic E-state index is 13.4. The number of aromatic nitrogens is 4. The second kappa shape index (κ2) is 10.3. The fraction of sp³-hybridized carbons (Fsp3) is 0.0952. The molecule has 1 N–H and O–H groups in total. The number of nitrogens with zero attached hydrogens (tertiary/aromatic N) is 5. The van der Waals surface area contributed by atoms with Crippen LogP contribution >= 0.6 is 34.8 Å². The zero-order valence-electron chi connectivity index (χ0n) is 17.5. The standard InChI is InChI=1S/C21H14Cl3FN6O4/c22-13-2-1-12(15(23)7-13)9-30-10-16(24)20(28-30)26-21(32)17-5-6-29(27-17)11-35-19-8-14(25)3-4-18(19)31(33)34/h1-8,10H,9,11H2,(H,26,28,32). The molecule has 0 aliphatic rings. The Morgan fingerprint density at radius 2 is 1.89 bits per heavy atom. The highest BCUT2D eigenvalue weighted by Crippen LogP contribution is 2.28. The Balaban J connectivity index is 1.41. The van der Waals surface area contributed by atoms with Gasteiger partial charge in [-0.25, -0.2) is 9.07 Å². The summed E-state index contributed by atoms with van der Waals surface area (Å²) in [6, 6.07) is 9.31. The third-order valence-electron chi connectivity index (χ3n) is 4.64. The Kier molecular flexibility index (Phi) is 7.20. The molecule has 2 aromatic heterocycles. The van der Waals surface area contributed by atoms with Gasteiger partial charge in [-0.3, -0.25) is 19.6 Å². The van der Waals surface area contributed by atoms with Gasteiger partial charge in [-0.15, -0.1) is 0 Å². The highest BCUT2D eigenvalue weighted by molar-refractivity contribution is 6.35. The molecule has 0 spiro atoms. The number of amides is 1. The van der Waals surface area contributed by atoms with E-state index in [1.165, 1.54) is 27.8 Å². The van der Waals surface area contributed by atoms with Crippen LogP contribution in [0.25, 0.3) is 0 Å². The normalized spacial score (nSPS) is 10.9. The van der Waals surface area contributed by atoms with Crippen molar-refractivity contribution < 1.29 is 18.8 Å². The molecule has 14 heteroatoms. The van der Waals surface area contributed by atoms with Gasteiger partial charge in [0.2, 0.25) is 5.75 Å². The van der Waals surface area contributed by atoms with Crippen LogP contribution in [0.2, 0.25) is 15.1 Å². The van der Waals surface area contributed by atoms with Crippen molar-refractivity contribution in [3.63, 3.8) is 0 Å². The molecule has 2 heterocycles. The number of nitro benzene ring substituents is 1. The summed E-state index contributed by atoms with van der Waals surface area (Å²) in [5, 5.41) is 23.1. The quantitative estimate of drug-likeness (QED) is 0.236. The first-order valence-corrected chi connectivity index (χ1v) is 10.9. The number of nitrogens with one attached hydrogen (secondary N) is 1. The Hall–Kier alpha value is -3.67. The number of benzene rings is 2. The summed E-state index contributed by atoms with van der Waals surface area (Å²) in [6.45, 7) is -0.00141. The molecule has 4 rings (SSSR count). The van der Waals surface area contributed by atoms with Gasteiger partial charge < -0.3 is 10.1 Å². The molecule has 0 saturated carbocycles. The van der Waals surface area contributed by atoms with Crippen LogP contribution in [-0.4, -0.2) is 30.4 Å².